The maximum Gasteiger partial charge on any atom is 0.271 e. The van der Waals surface area contributed by atoms with E-state index in [-0.39, 0.29) is 11.4 Å². The molecule has 0 bridgehead atoms. The average Bonchev–Trinajstić information content (AvgIpc) is 2.67. The first kappa shape index (κ1) is 24.2. The minimum absolute atomic E-state index is 0.239. The lowest BCUT2D eigenvalue weighted by Gasteiger charge is -2.38. The van der Waals surface area contributed by atoms with Crippen LogP contribution in [0.15, 0.2) is 59.5 Å². The SMILES string of the molecule is Cc1ccc(S(=O)(=O)N(C#C[Si](C(C)C)(C(C)C)C(C)C)Cc2ccccc2)cc1. The fourth-order valence-corrected chi connectivity index (χ4v) is 10.9. The molecule has 0 unspecified atom stereocenters. The molecule has 0 amide bonds. The number of benzene rings is 2. The number of hydrogen-bond donors (Lipinski definition) is 0. The fraction of sp³-hybridized carbons (Fsp3) is 0.440. The molecular weight excluding hydrogens is 406 g/mol. The summed E-state index contributed by atoms with van der Waals surface area (Å²) in [5.74, 6) is 0. The van der Waals surface area contributed by atoms with Crippen LogP contribution in [0, 0.1) is 18.5 Å². The maximum absolute atomic E-state index is 13.5. The van der Waals surface area contributed by atoms with E-state index < -0.39 is 18.1 Å². The maximum atomic E-state index is 13.5. The number of hydrogen-bond acceptors (Lipinski definition) is 2. The van der Waals surface area contributed by atoms with Crippen molar-refractivity contribution in [2.45, 2.75) is 76.5 Å². The predicted molar refractivity (Wildman–Crippen MR) is 129 cm³/mol. The van der Waals surface area contributed by atoms with Crippen LogP contribution in [0.3, 0.4) is 0 Å². The molecule has 0 fully saturated rings. The van der Waals surface area contributed by atoms with Gasteiger partial charge in [-0.1, -0.05) is 89.6 Å². The van der Waals surface area contributed by atoms with Crippen LogP contribution < -0.4 is 0 Å². The van der Waals surface area contributed by atoms with Crippen LogP contribution >= 0.6 is 0 Å². The van der Waals surface area contributed by atoms with Gasteiger partial charge in [0, 0.05) is 6.04 Å². The Bertz CT molecular complexity index is 963. The summed E-state index contributed by atoms with van der Waals surface area (Å²) in [5.41, 5.74) is 6.83. The van der Waals surface area contributed by atoms with E-state index in [9.17, 15) is 8.42 Å². The van der Waals surface area contributed by atoms with E-state index in [1.54, 1.807) is 12.1 Å². The van der Waals surface area contributed by atoms with Gasteiger partial charge in [-0.15, -0.1) is 5.54 Å². The quantitative estimate of drug-likeness (QED) is 0.285. The Morgan fingerprint density at radius 3 is 1.80 bits per heavy atom. The van der Waals surface area contributed by atoms with Gasteiger partial charge in [0.25, 0.3) is 10.0 Å². The molecular formula is C25H35NO2SSi. The van der Waals surface area contributed by atoms with Gasteiger partial charge in [-0.2, -0.15) is 0 Å². The monoisotopic (exact) mass is 441 g/mol. The highest BCUT2D eigenvalue weighted by Crippen LogP contribution is 2.40. The lowest BCUT2D eigenvalue weighted by molar-refractivity contribution is 0.508. The Kier molecular flexibility index (Phi) is 7.96. The normalized spacial score (nSPS) is 12.2. The zero-order valence-corrected chi connectivity index (χ0v) is 21.1. The number of rotatable bonds is 7. The molecule has 0 aromatic heterocycles. The summed E-state index contributed by atoms with van der Waals surface area (Å²) in [6.07, 6.45) is 0. The van der Waals surface area contributed by atoms with Crippen LogP contribution in [0.5, 0.6) is 0 Å². The van der Waals surface area contributed by atoms with Gasteiger partial charge in [0.05, 0.1) is 11.4 Å². The minimum atomic E-state index is -3.73. The highest BCUT2D eigenvalue weighted by atomic mass is 32.2. The summed E-state index contributed by atoms with van der Waals surface area (Å²) >= 11 is 0. The molecule has 0 N–H and O–H groups in total. The van der Waals surface area contributed by atoms with Gasteiger partial charge in [-0.05, 0) is 41.2 Å². The predicted octanol–water partition coefficient (Wildman–Crippen LogP) is 6.36. The molecule has 2 rings (SSSR count). The standard InChI is InChI=1S/C25H35NO2SSi/c1-20(2)30(21(3)4,22(5)6)18-17-26(19-24-11-9-8-10-12-24)29(27,28)25-15-13-23(7)14-16-25/h8-16,20-22H,19H2,1-7H3. The van der Waals surface area contributed by atoms with Gasteiger partial charge in [-0.3, -0.25) is 0 Å². The van der Waals surface area contributed by atoms with E-state index >= 15 is 0 Å². The van der Waals surface area contributed by atoms with Gasteiger partial charge < -0.3 is 0 Å². The van der Waals surface area contributed by atoms with E-state index in [0.29, 0.717) is 16.6 Å². The second-order valence-electron chi connectivity index (χ2n) is 8.94. The first-order chi connectivity index (χ1) is 14.0. The Labute approximate surface area is 184 Å². The number of sulfonamides is 1. The van der Waals surface area contributed by atoms with Crippen LogP contribution in [-0.2, 0) is 16.6 Å². The van der Waals surface area contributed by atoms with Gasteiger partial charge >= 0.3 is 0 Å². The van der Waals surface area contributed by atoms with Gasteiger partial charge in [-0.25, -0.2) is 12.7 Å². The Hall–Kier alpha value is -2.03. The van der Waals surface area contributed by atoms with Crippen molar-refractivity contribution in [1.82, 2.24) is 4.31 Å². The van der Waals surface area contributed by atoms with Gasteiger partial charge in [0.15, 0.2) is 0 Å². The third kappa shape index (κ3) is 5.17. The van der Waals surface area contributed by atoms with E-state index in [2.05, 4.69) is 53.1 Å². The molecule has 0 heterocycles. The summed E-state index contributed by atoms with van der Waals surface area (Å²) in [4.78, 5) is 0.282. The van der Waals surface area contributed by atoms with E-state index in [0.717, 1.165) is 11.1 Å². The molecule has 0 saturated heterocycles. The van der Waals surface area contributed by atoms with Crippen molar-refractivity contribution in [1.29, 1.82) is 0 Å². The molecule has 0 spiro atoms. The molecule has 2 aromatic rings. The van der Waals surface area contributed by atoms with Crippen molar-refractivity contribution >= 4 is 18.1 Å². The molecule has 3 nitrogen and oxygen atoms in total. The number of aryl methyl sites for hydroxylation is 1. The largest absolute Gasteiger partial charge is 0.271 e. The summed E-state index contributed by atoms with van der Waals surface area (Å²) in [5, 5.41) is 0. The second-order valence-corrected chi connectivity index (χ2v) is 16.4. The molecule has 162 valence electrons. The average molecular weight is 442 g/mol. The first-order valence-corrected chi connectivity index (χ1v) is 14.3. The van der Waals surface area contributed by atoms with Crippen LogP contribution in [0.25, 0.3) is 0 Å². The molecule has 0 aliphatic carbocycles. The Morgan fingerprint density at radius 2 is 1.33 bits per heavy atom. The Morgan fingerprint density at radius 1 is 0.833 bits per heavy atom. The van der Waals surface area contributed by atoms with E-state index in [1.165, 1.54) is 4.31 Å². The molecule has 5 heteroatoms. The fourth-order valence-electron chi connectivity index (χ4n) is 4.36. The smallest absolute Gasteiger partial charge is 0.220 e. The summed E-state index contributed by atoms with van der Waals surface area (Å²) in [6.45, 7) is 15.6. The number of nitrogens with zero attached hydrogens (tertiary/aromatic N) is 1. The van der Waals surface area contributed by atoms with Crippen molar-refractivity contribution < 1.29 is 8.42 Å². The highest BCUT2D eigenvalue weighted by molar-refractivity contribution is 7.89. The van der Waals surface area contributed by atoms with Gasteiger partial charge in [0.2, 0.25) is 0 Å². The van der Waals surface area contributed by atoms with Crippen molar-refractivity contribution in [2.75, 3.05) is 0 Å². The molecule has 0 radical (unpaired) electrons. The zero-order valence-electron chi connectivity index (χ0n) is 19.3. The van der Waals surface area contributed by atoms with Crippen molar-refractivity contribution in [3.8, 4) is 11.6 Å². The molecule has 2 aromatic carbocycles. The van der Waals surface area contributed by atoms with Crippen LogP contribution in [0.4, 0.5) is 0 Å². The van der Waals surface area contributed by atoms with Crippen molar-refractivity contribution in [2.24, 2.45) is 0 Å². The molecule has 0 aliphatic rings. The minimum Gasteiger partial charge on any atom is -0.220 e. The topological polar surface area (TPSA) is 37.4 Å². The Balaban J connectivity index is 2.60. The molecule has 0 aliphatic heterocycles. The summed E-state index contributed by atoms with van der Waals surface area (Å²) in [7, 11) is -5.80. The molecule has 30 heavy (non-hydrogen) atoms. The molecule has 0 saturated carbocycles. The third-order valence-corrected chi connectivity index (χ3v) is 14.0. The summed E-state index contributed by atoms with van der Waals surface area (Å²) in [6, 6.07) is 19.8. The van der Waals surface area contributed by atoms with E-state index in [1.807, 2.05) is 49.4 Å². The van der Waals surface area contributed by atoms with E-state index in [4.69, 9.17) is 0 Å². The van der Waals surface area contributed by atoms with Crippen LogP contribution in [-0.4, -0.2) is 20.8 Å². The lowest BCUT2D eigenvalue weighted by Crippen LogP contribution is -2.44. The van der Waals surface area contributed by atoms with Crippen molar-refractivity contribution in [3.63, 3.8) is 0 Å². The zero-order chi connectivity index (χ0) is 22.5. The second kappa shape index (κ2) is 9.85. The summed E-state index contributed by atoms with van der Waals surface area (Å²) < 4.78 is 28.4. The van der Waals surface area contributed by atoms with Crippen LogP contribution in [0.1, 0.15) is 52.7 Å². The highest BCUT2D eigenvalue weighted by Gasteiger charge is 2.42. The first-order valence-electron chi connectivity index (χ1n) is 10.7. The lowest BCUT2D eigenvalue weighted by atomic mass is 10.2. The van der Waals surface area contributed by atoms with Crippen molar-refractivity contribution in [3.05, 3.63) is 65.7 Å². The van der Waals surface area contributed by atoms with Crippen LogP contribution in [0.2, 0.25) is 16.6 Å². The molecule has 0 atom stereocenters. The third-order valence-electron chi connectivity index (χ3n) is 6.04. The van der Waals surface area contributed by atoms with Gasteiger partial charge in [0.1, 0.15) is 8.07 Å².